The van der Waals surface area contributed by atoms with E-state index in [9.17, 15) is 24.3 Å². The number of carbonyl (C=O) groups excluding carboxylic acids is 4. The quantitative estimate of drug-likeness (QED) is 0.319. The van der Waals surface area contributed by atoms with E-state index in [4.69, 9.17) is 23.7 Å². The lowest BCUT2D eigenvalue weighted by Gasteiger charge is -2.71. The van der Waals surface area contributed by atoms with Crippen molar-refractivity contribution in [3.8, 4) is 0 Å². The highest BCUT2D eigenvalue weighted by Crippen LogP contribution is 2.71. The number of rotatable bonds is 4. The molecule has 39 heavy (non-hydrogen) atoms. The first-order valence-corrected chi connectivity index (χ1v) is 13.5. The van der Waals surface area contributed by atoms with Gasteiger partial charge in [0.1, 0.15) is 17.8 Å². The number of aliphatic hydroxyl groups is 1. The summed E-state index contributed by atoms with van der Waals surface area (Å²) in [5.41, 5.74) is -2.41. The molecule has 10 nitrogen and oxygen atoms in total. The Morgan fingerprint density at radius 3 is 2.46 bits per heavy atom. The van der Waals surface area contributed by atoms with Gasteiger partial charge in [0.25, 0.3) is 0 Å². The molecule has 9 atom stereocenters. The predicted molar refractivity (Wildman–Crippen MR) is 134 cm³/mol. The largest absolute Gasteiger partial charge is 0.469 e. The summed E-state index contributed by atoms with van der Waals surface area (Å²) in [4.78, 5) is 50.6. The first-order chi connectivity index (χ1) is 18.1. The van der Waals surface area contributed by atoms with Crippen LogP contribution < -0.4 is 0 Å². The van der Waals surface area contributed by atoms with E-state index < -0.39 is 64.4 Å². The number of methoxy groups -OCH3 is 1. The average molecular weight is 547 g/mol. The molecule has 0 radical (unpaired) electrons. The van der Waals surface area contributed by atoms with E-state index >= 15 is 0 Å². The van der Waals surface area contributed by atoms with Gasteiger partial charge in [-0.3, -0.25) is 14.4 Å². The number of hydrogen-bond acceptors (Lipinski definition) is 10. The van der Waals surface area contributed by atoms with Crippen molar-refractivity contribution in [2.75, 3.05) is 7.11 Å². The van der Waals surface area contributed by atoms with Gasteiger partial charge in [-0.25, -0.2) is 4.79 Å². The Morgan fingerprint density at radius 2 is 1.87 bits per heavy atom. The van der Waals surface area contributed by atoms with Crippen LogP contribution in [0.25, 0.3) is 0 Å². The van der Waals surface area contributed by atoms with Crippen LogP contribution in [-0.2, 0) is 42.9 Å². The molecule has 0 aromatic heterocycles. The minimum Gasteiger partial charge on any atom is -0.469 e. The van der Waals surface area contributed by atoms with E-state index in [1.54, 1.807) is 0 Å². The normalized spacial score (nSPS) is 44.3. The van der Waals surface area contributed by atoms with Gasteiger partial charge in [0, 0.05) is 36.0 Å². The molecule has 4 fully saturated rings. The number of esters is 4. The fourth-order valence-corrected chi connectivity index (χ4v) is 8.63. The van der Waals surface area contributed by atoms with E-state index in [0.717, 1.165) is 5.57 Å². The van der Waals surface area contributed by atoms with Crippen molar-refractivity contribution in [2.24, 2.45) is 28.1 Å². The van der Waals surface area contributed by atoms with Crippen LogP contribution in [0.1, 0.15) is 66.7 Å². The van der Waals surface area contributed by atoms with Gasteiger partial charge >= 0.3 is 23.9 Å². The molecule has 2 saturated heterocycles. The number of cyclic esters (lactones) is 2. The molecule has 5 rings (SSSR count). The monoisotopic (exact) mass is 546 g/mol. The van der Waals surface area contributed by atoms with Gasteiger partial charge in [0.05, 0.1) is 25.2 Å². The summed E-state index contributed by atoms with van der Waals surface area (Å²) < 4.78 is 28.7. The van der Waals surface area contributed by atoms with Gasteiger partial charge in [-0.1, -0.05) is 34.3 Å². The van der Waals surface area contributed by atoms with Crippen molar-refractivity contribution in [2.45, 2.75) is 96.9 Å². The molecule has 1 N–H and O–H groups in total. The molecule has 0 aromatic rings. The molecular formula is C29H38O10. The zero-order chi connectivity index (χ0) is 28.7. The molecule has 3 heterocycles. The maximum Gasteiger partial charge on any atom is 0.340 e. The lowest BCUT2D eigenvalue weighted by Crippen LogP contribution is -2.74. The van der Waals surface area contributed by atoms with Crippen LogP contribution in [0.2, 0.25) is 0 Å². The molecule has 0 amide bonds. The fourth-order valence-electron chi connectivity index (χ4n) is 8.63. The molecule has 2 aliphatic carbocycles. The summed E-state index contributed by atoms with van der Waals surface area (Å²) in [6.45, 7) is 13.9. The second-order valence-electron chi connectivity index (χ2n) is 12.8. The van der Waals surface area contributed by atoms with E-state index in [0.29, 0.717) is 19.3 Å². The predicted octanol–water partition coefficient (Wildman–Crippen LogP) is 2.76. The van der Waals surface area contributed by atoms with Gasteiger partial charge in [0.15, 0.2) is 0 Å². The number of hydrogen-bond donors (Lipinski definition) is 1. The van der Waals surface area contributed by atoms with Crippen molar-refractivity contribution in [3.63, 3.8) is 0 Å². The molecule has 5 aliphatic rings. The lowest BCUT2D eigenvalue weighted by molar-refractivity contribution is -0.310. The van der Waals surface area contributed by atoms with Gasteiger partial charge in [-0.15, -0.1) is 0 Å². The topological polar surface area (TPSA) is 135 Å². The molecule has 2 saturated carbocycles. The molecule has 0 aromatic carbocycles. The third kappa shape index (κ3) is 3.74. The fraction of sp³-hybridized carbons (Fsp3) is 0.724. The Kier molecular flexibility index (Phi) is 6.35. The maximum absolute atomic E-state index is 13.1. The second kappa shape index (κ2) is 8.89. The maximum atomic E-state index is 13.1. The third-order valence-corrected chi connectivity index (χ3v) is 10.7. The van der Waals surface area contributed by atoms with Crippen molar-refractivity contribution < 1.29 is 48.0 Å². The number of fused-ring (bicyclic) bond motifs is 3. The Bertz CT molecular complexity index is 1170. The van der Waals surface area contributed by atoms with Crippen LogP contribution in [0.5, 0.6) is 0 Å². The zero-order valence-corrected chi connectivity index (χ0v) is 23.4. The third-order valence-electron chi connectivity index (χ3n) is 10.7. The van der Waals surface area contributed by atoms with E-state index in [1.807, 2.05) is 20.8 Å². The number of ether oxygens (including phenoxy) is 5. The molecule has 214 valence electrons. The van der Waals surface area contributed by atoms with Gasteiger partial charge < -0.3 is 28.8 Å². The minimum atomic E-state index is -1.41. The summed E-state index contributed by atoms with van der Waals surface area (Å²) in [5.74, 6) is -2.49. The molecule has 3 aliphatic heterocycles. The van der Waals surface area contributed by atoms with Crippen LogP contribution >= 0.6 is 0 Å². The molecule has 10 heteroatoms. The van der Waals surface area contributed by atoms with Crippen molar-refractivity contribution in [1.82, 2.24) is 0 Å². The molecule has 1 spiro atoms. The standard InChI is InChI=1S/C29H38O10/c1-14-17-8-9-27(5)24(16-10-22(32)38-25(16)34)37-23(33)13-29(14,27)39-20-12-19(36-15(2)30)26(3,4)18(28(17,20)6)11-21(31)35-7/h10,17-20,22,24,32H,1,8-9,11-13H2,2-7H3/t17-,18-,19-,20-,22-,24-,27-,28+,29-/m0/s1. The summed E-state index contributed by atoms with van der Waals surface area (Å²) in [6, 6.07) is 0. The first-order valence-electron chi connectivity index (χ1n) is 13.5. The van der Waals surface area contributed by atoms with Crippen LogP contribution in [0.15, 0.2) is 23.8 Å². The summed E-state index contributed by atoms with van der Waals surface area (Å²) in [7, 11) is 1.35. The Balaban J connectivity index is 1.63. The Hall–Kier alpha value is -2.72. The highest BCUT2D eigenvalue weighted by Gasteiger charge is 2.74. The zero-order valence-electron chi connectivity index (χ0n) is 23.4. The van der Waals surface area contributed by atoms with Gasteiger partial charge in [-0.2, -0.15) is 0 Å². The molecule has 2 bridgehead atoms. The molecule has 0 unspecified atom stereocenters. The SMILES string of the molecule is C=C1[C@@H]2CC[C@@]3(C)[C@H](C4=C[C@@H](O)OC4=O)OC(=O)C[C@]13O[C@H]1C[C@H](OC(C)=O)C(C)(C)[C@H](CC(=O)OC)[C@]12C. The van der Waals surface area contributed by atoms with Crippen molar-refractivity contribution >= 4 is 23.9 Å². The van der Waals surface area contributed by atoms with E-state index in [2.05, 4.69) is 13.5 Å². The Labute approximate surface area is 228 Å². The van der Waals surface area contributed by atoms with Crippen LogP contribution in [-0.4, -0.2) is 66.3 Å². The smallest absolute Gasteiger partial charge is 0.340 e. The Morgan fingerprint density at radius 1 is 1.18 bits per heavy atom. The first kappa shape index (κ1) is 27.8. The van der Waals surface area contributed by atoms with Crippen LogP contribution in [0.3, 0.4) is 0 Å². The minimum absolute atomic E-state index is 0.0872. The lowest BCUT2D eigenvalue weighted by atomic mass is 9.41. The highest BCUT2D eigenvalue weighted by atomic mass is 16.6. The summed E-state index contributed by atoms with van der Waals surface area (Å²) in [5, 5.41) is 9.95. The van der Waals surface area contributed by atoms with E-state index in [1.165, 1.54) is 20.1 Å². The number of carbonyl (C=O) groups is 4. The number of aliphatic hydroxyl groups excluding tert-OH is 1. The molecular weight excluding hydrogens is 508 g/mol. The van der Waals surface area contributed by atoms with Crippen molar-refractivity contribution in [1.29, 1.82) is 0 Å². The van der Waals surface area contributed by atoms with Gasteiger partial charge in [-0.05, 0) is 36.3 Å². The highest BCUT2D eigenvalue weighted by molar-refractivity contribution is 5.93. The summed E-state index contributed by atoms with van der Waals surface area (Å²) >= 11 is 0. The van der Waals surface area contributed by atoms with E-state index in [-0.39, 0.29) is 36.2 Å². The van der Waals surface area contributed by atoms with Crippen LogP contribution in [0, 0.1) is 28.1 Å². The average Bonchev–Trinajstić information content (AvgIpc) is 3.17. The van der Waals surface area contributed by atoms with Crippen LogP contribution in [0.4, 0.5) is 0 Å². The van der Waals surface area contributed by atoms with Crippen molar-refractivity contribution in [3.05, 3.63) is 23.8 Å². The van der Waals surface area contributed by atoms with Gasteiger partial charge in [0.2, 0.25) is 6.29 Å². The second-order valence-corrected chi connectivity index (χ2v) is 12.8. The summed E-state index contributed by atoms with van der Waals surface area (Å²) in [6.07, 6.45) is -0.609.